The van der Waals surface area contributed by atoms with Crippen LogP contribution in [0.3, 0.4) is 0 Å². The number of aliphatic imine (C=N–C) groups is 1. The molecule has 1 aromatic heterocycles. The van der Waals surface area contributed by atoms with Crippen LogP contribution in [0.4, 0.5) is 0 Å². The van der Waals surface area contributed by atoms with E-state index in [-0.39, 0.29) is 0 Å². The predicted octanol–water partition coefficient (Wildman–Crippen LogP) is 0.694. The van der Waals surface area contributed by atoms with E-state index in [9.17, 15) is 0 Å². The lowest BCUT2D eigenvalue weighted by atomic mass is 10.3. The molecule has 0 unspecified atom stereocenters. The van der Waals surface area contributed by atoms with Crippen molar-refractivity contribution in [2.45, 2.75) is 6.92 Å². The fraction of sp³-hybridized carbons (Fsp3) is 0.167. The van der Waals surface area contributed by atoms with Gasteiger partial charge in [-0.2, -0.15) is 4.98 Å². The summed E-state index contributed by atoms with van der Waals surface area (Å²) in [6, 6.07) is 0. The van der Waals surface area contributed by atoms with Crippen molar-refractivity contribution < 1.29 is 4.52 Å². The third-order valence-corrected chi connectivity index (χ3v) is 1.20. The maximum Gasteiger partial charge on any atom is 0.223 e. The predicted molar refractivity (Wildman–Crippen MR) is 34.7 cm³/mol. The van der Waals surface area contributed by atoms with Crippen LogP contribution in [0.5, 0.6) is 0 Å². The molecule has 0 aromatic carbocycles. The van der Waals surface area contributed by atoms with E-state index < -0.39 is 0 Å². The minimum Gasteiger partial charge on any atom is -0.339 e. The van der Waals surface area contributed by atoms with Gasteiger partial charge in [-0.15, -0.1) is 0 Å². The Morgan fingerprint density at radius 1 is 1.50 bits per heavy atom. The lowest BCUT2D eigenvalue weighted by molar-refractivity contribution is 0.392. The molecule has 0 radical (unpaired) electrons. The maximum absolute atomic E-state index is 4.75. The Labute approximate surface area is 57.3 Å². The topological polar surface area (TPSA) is 51.3 Å². The van der Waals surface area contributed by atoms with Crippen molar-refractivity contribution in [3.8, 4) is 0 Å². The molecule has 0 N–H and O–H groups in total. The largest absolute Gasteiger partial charge is 0.339 e. The summed E-state index contributed by atoms with van der Waals surface area (Å²) in [6.45, 7) is 1.75. The molecule has 1 aromatic rings. The van der Waals surface area contributed by atoms with Gasteiger partial charge in [-0.3, -0.25) is 4.99 Å². The second-order valence-electron chi connectivity index (χ2n) is 1.97. The van der Waals surface area contributed by atoms with E-state index in [2.05, 4.69) is 15.1 Å². The summed E-state index contributed by atoms with van der Waals surface area (Å²) < 4.78 is 4.75. The zero-order valence-corrected chi connectivity index (χ0v) is 5.40. The maximum atomic E-state index is 4.75. The summed E-state index contributed by atoms with van der Waals surface area (Å²) in [4.78, 5) is 7.88. The van der Waals surface area contributed by atoms with Gasteiger partial charge in [0.05, 0.1) is 0 Å². The number of nitrogens with zero attached hydrogens (tertiary/aromatic N) is 3. The van der Waals surface area contributed by atoms with Crippen LogP contribution in [0.2, 0.25) is 0 Å². The molecule has 0 saturated carbocycles. The summed E-state index contributed by atoms with van der Waals surface area (Å²) in [5.74, 6) is 1.14. The fourth-order valence-electron chi connectivity index (χ4n) is 0.685. The molecule has 0 fully saturated rings. The van der Waals surface area contributed by atoms with Crippen LogP contribution < -0.4 is 0 Å². The highest BCUT2D eigenvalue weighted by atomic mass is 16.5. The Morgan fingerprint density at radius 2 is 2.30 bits per heavy atom. The molecule has 1 aliphatic heterocycles. The van der Waals surface area contributed by atoms with Crippen LogP contribution in [-0.4, -0.2) is 15.9 Å². The molecule has 1 aliphatic rings. The number of allylic oxidation sites excluding steroid dienone is 1. The van der Waals surface area contributed by atoms with Crippen LogP contribution in [-0.2, 0) is 0 Å². The molecule has 4 heteroatoms. The van der Waals surface area contributed by atoms with Gasteiger partial charge < -0.3 is 4.52 Å². The summed E-state index contributed by atoms with van der Waals surface area (Å²) in [6.07, 6.45) is 3.53. The van der Waals surface area contributed by atoms with E-state index in [1.165, 1.54) is 0 Å². The molecular weight excluding hydrogens is 130 g/mol. The lowest BCUT2D eigenvalue weighted by Crippen LogP contribution is -2.03. The first-order valence-electron chi connectivity index (χ1n) is 2.91. The molecule has 0 spiro atoms. The van der Waals surface area contributed by atoms with Crippen LogP contribution in [0.25, 0.3) is 0 Å². The SMILES string of the molecule is Cc1nc(C2=NC=C2)no1. The summed E-state index contributed by atoms with van der Waals surface area (Å²) in [7, 11) is 0. The lowest BCUT2D eigenvalue weighted by Gasteiger charge is -1.96. The Kier molecular flexibility index (Phi) is 0.943. The van der Waals surface area contributed by atoms with E-state index >= 15 is 0 Å². The third-order valence-electron chi connectivity index (χ3n) is 1.20. The Hall–Kier alpha value is -1.45. The number of aryl methyl sites for hydroxylation is 1. The van der Waals surface area contributed by atoms with Crippen molar-refractivity contribution >= 4 is 5.71 Å². The first-order valence-corrected chi connectivity index (χ1v) is 2.91. The Balaban J connectivity index is 2.34. The summed E-state index contributed by atoms with van der Waals surface area (Å²) in [5, 5.41) is 3.67. The molecule has 0 bridgehead atoms. The smallest absolute Gasteiger partial charge is 0.223 e. The van der Waals surface area contributed by atoms with Crippen LogP contribution in [0.15, 0.2) is 21.8 Å². The monoisotopic (exact) mass is 135 g/mol. The highest BCUT2D eigenvalue weighted by Crippen LogP contribution is 2.04. The van der Waals surface area contributed by atoms with Crippen molar-refractivity contribution in [3.05, 3.63) is 24.0 Å². The molecule has 4 nitrogen and oxygen atoms in total. The Bertz CT molecular complexity index is 311. The summed E-state index contributed by atoms with van der Waals surface area (Å²) >= 11 is 0. The first-order chi connectivity index (χ1) is 4.86. The van der Waals surface area contributed by atoms with Gasteiger partial charge in [-0.05, 0) is 6.08 Å². The number of aromatic nitrogens is 2. The van der Waals surface area contributed by atoms with E-state index in [0.29, 0.717) is 11.7 Å². The third kappa shape index (κ3) is 0.655. The molecular formula is C6H5N3O. The van der Waals surface area contributed by atoms with Crippen LogP contribution in [0.1, 0.15) is 11.7 Å². The molecule has 0 amide bonds. The zero-order valence-electron chi connectivity index (χ0n) is 5.40. The second-order valence-corrected chi connectivity index (χ2v) is 1.97. The van der Waals surface area contributed by atoms with Crippen molar-refractivity contribution in [1.29, 1.82) is 0 Å². The van der Waals surface area contributed by atoms with Crippen LogP contribution >= 0.6 is 0 Å². The van der Waals surface area contributed by atoms with Gasteiger partial charge in [-0.25, -0.2) is 0 Å². The molecule has 0 aliphatic carbocycles. The van der Waals surface area contributed by atoms with Crippen molar-refractivity contribution in [2.24, 2.45) is 4.99 Å². The normalized spacial score (nSPS) is 14.7. The van der Waals surface area contributed by atoms with E-state index in [4.69, 9.17) is 4.52 Å². The van der Waals surface area contributed by atoms with Gasteiger partial charge in [0.25, 0.3) is 0 Å². The number of hydrogen-bond donors (Lipinski definition) is 0. The molecule has 10 heavy (non-hydrogen) atoms. The highest BCUT2D eigenvalue weighted by molar-refractivity contribution is 6.09. The van der Waals surface area contributed by atoms with Gasteiger partial charge in [0, 0.05) is 13.1 Å². The average Bonchev–Trinajstić information content (AvgIpc) is 2.10. The molecule has 0 atom stereocenters. The molecule has 2 heterocycles. The van der Waals surface area contributed by atoms with Crippen molar-refractivity contribution in [1.82, 2.24) is 10.1 Å². The highest BCUT2D eigenvalue weighted by Gasteiger charge is 2.10. The standard InChI is InChI=1S/C6H5N3O/c1-4-8-6(9-10-4)5-2-3-7-5/h2-3H,1H3. The number of hydrogen-bond acceptors (Lipinski definition) is 4. The first kappa shape index (κ1) is 5.34. The van der Waals surface area contributed by atoms with E-state index in [1.807, 2.05) is 6.08 Å². The van der Waals surface area contributed by atoms with Gasteiger partial charge in [0.1, 0.15) is 5.71 Å². The van der Waals surface area contributed by atoms with Gasteiger partial charge in [0.2, 0.25) is 11.7 Å². The van der Waals surface area contributed by atoms with Crippen molar-refractivity contribution in [3.63, 3.8) is 0 Å². The van der Waals surface area contributed by atoms with Gasteiger partial charge in [-0.1, -0.05) is 5.16 Å². The molecule has 0 saturated heterocycles. The van der Waals surface area contributed by atoms with E-state index in [0.717, 1.165) is 5.71 Å². The van der Waals surface area contributed by atoms with Crippen molar-refractivity contribution in [2.75, 3.05) is 0 Å². The quantitative estimate of drug-likeness (QED) is 0.569. The van der Waals surface area contributed by atoms with Gasteiger partial charge in [0.15, 0.2) is 0 Å². The average molecular weight is 135 g/mol. The minimum absolute atomic E-state index is 0.568. The number of rotatable bonds is 1. The molecule has 2 rings (SSSR count). The molecule has 50 valence electrons. The minimum atomic E-state index is 0.568. The van der Waals surface area contributed by atoms with Crippen LogP contribution in [0, 0.1) is 6.92 Å². The summed E-state index contributed by atoms with van der Waals surface area (Å²) in [5.41, 5.74) is 0.789. The van der Waals surface area contributed by atoms with Gasteiger partial charge >= 0.3 is 0 Å². The fourth-order valence-corrected chi connectivity index (χ4v) is 0.685. The second kappa shape index (κ2) is 1.76. The zero-order chi connectivity index (χ0) is 6.97. The Morgan fingerprint density at radius 3 is 2.70 bits per heavy atom. The van der Waals surface area contributed by atoms with E-state index in [1.54, 1.807) is 13.1 Å².